The molecule has 3 rings (SSSR count). The molecule has 1 aromatic rings. The molecular formula is C15H21N3O2. The topological polar surface area (TPSA) is 75.1 Å². The number of aromatic nitrogens is 2. The highest BCUT2D eigenvalue weighted by Gasteiger charge is 2.39. The summed E-state index contributed by atoms with van der Waals surface area (Å²) in [5.74, 6) is 1.30. The number of hydrogen-bond donors (Lipinski definition) is 2. The monoisotopic (exact) mass is 275 g/mol. The standard InChI is InChI=1S/C15H21N3O2/c1-8(2)13-11(14(19)20)7-16-15(18-13)17-12-6-9-3-4-10(12)5-9/h7-10,12H,3-6H2,1-2H3,(H,19,20)(H,16,17,18)/t9-,10+,12-/m0/s1. The van der Waals surface area contributed by atoms with Crippen LogP contribution in [0.15, 0.2) is 6.20 Å². The first-order chi connectivity index (χ1) is 9.54. The maximum Gasteiger partial charge on any atom is 0.339 e. The van der Waals surface area contributed by atoms with Crippen molar-refractivity contribution in [1.29, 1.82) is 0 Å². The molecule has 1 aromatic heterocycles. The van der Waals surface area contributed by atoms with Gasteiger partial charge in [-0.05, 0) is 37.0 Å². The average molecular weight is 275 g/mol. The summed E-state index contributed by atoms with van der Waals surface area (Å²) >= 11 is 0. The molecule has 108 valence electrons. The van der Waals surface area contributed by atoms with Gasteiger partial charge in [0.05, 0.1) is 11.3 Å². The summed E-state index contributed by atoms with van der Waals surface area (Å²) in [6.07, 6.45) is 6.61. The second-order valence-electron chi connectivity index (χ2n) is 6.38. The molecule has 2 aliphatic carbocycles. The van der Waals surface area contributed by atoms with Gasteiger partial charge in [-0.2, -0.15) is 0 Å². The zero-order valence-corrected chi connectivity index (χ0v) is 12.0. The minimum atomic E-state index is -0.958. The third-order valence-electron chi connectivity index (χ3n) is 4.65. The smallest absolute Gasteiger partial charge is 0.339 e. The van der Waals surface area contributed by atoms with Crippen LogP contribution in [0, 0.1) is 11.8 Å². The molecule has 2 aliphatic rings. The maximum atomic E-state index is 11.2. The van der Waals surface area contributed by atoms with Gasteiger partial charge in [-0.3, -0.25) is 0 Å². The van der Waals surface area contributed by atoms with Crippen molar-refractivity contribution in [3.05, 3.63) is 17.5 Å². The Morgan fingerprint density at radius 3 is 2.75 bits per heavy atom. The number of aromatic carboxylic acids is 1. The van der Waals surface area contributed by atoms with Gasteiger partial charge < -0.3 is 10.4 Å². The van der Waals surface area contributed by atoms with Crippen molar-refractivity contribution in [2.75, 3.05) is 5.32 Å². The van der Waals surface area contributed by atoms with Gasteiger partial charge in [0.2, 0.25) is 5.95 Å². The second-order valence-corrected chi connectivity index (χ2v) is 6.38. The van der Waals surface area contributed by atoms with E-state index in [1.807, 2.05) is 13.8 Å². The van der Waals surface area contributed by atoms with Gasteiger partial charge >= 0.3 is 5.97 Å². The Labute approximate surface area is 118 Å². The fourth-order valence-electron chi connectivity index (χ4n) is 3.66. The SMILES string of the molecule is CC(C)c1nc(N[C@H]2C[C@H]3CC[C@@H]2C3)ncc1C(=O)O. The number of nitrogens with zero attached hydrogens (tertiary/aromatic N) is 2. The van der Waals surface area contributed by atoms with E-state index in [4.69, 9.17) is 0 Å². The summed E-state index contributed by atoms with van der Waals surface area (Å²) in [4.78, 5) is 19.8. The van der Waals surface area contributed by atoms with Crippen molar-refractivity contribution in [3.63, 3.8) is 0 Å². The third-order valence-corrected chi connectivity index (χ3v) is 4.65. The summed E-state index contributed by atoms with van der Waals surface area (Å²) in [7, 11) is 0. The van der Waals surface area contributed by atoms with Crippen LogP contribution in [0.1, 0.15) is 61.5 Å². The lowest BCUT2D eigenvalue weighted by Crippen LogP contribution is -2.27. The zero-order chi connectivity index (χ0) is 14.3. The number of carbonyl (C=O) groups is 1. The van der Waals surface area contributed by atoms with Crippen LogP contribution in [-0.2, 0) is 0 Å². The minimum absolute atomic E-state index is 0.0738. The Morgan fingerprint density at radius 2 is 2.20 bits per heavy atom. The Hall–Kier alpha value is -1.65. The number of rotatable bonds is 4. The Bertz CT molecular complexity index is 530. The van der Waals surface area contributed by atoms with Crippen LogP contribution in [0.5, 0.6) is 0 Å². The lowest BCUT2D eigenvalue weighted by molar-refractivity contribution is 0.0694. The molecule has 5 nitrogen and oxygen atoms in total. The van der Waals surface area contributed by atoms with Crippen LogP contribution in [0.2, 0.25) is 0 Å². The molecule has 2 bridgehead atoms. The highest BCUT2D eigenvalue weighted by molar-refractivity contribution is 5.88. The maximum absolute atomic E-state index is 11.2. The van der Waals surface area contributed by atoms with Gasteiger partial charge in [0.25, 0.3) is 0 Å². The Kier molecular flexibility index (Phi) is 3.36. The molecule has 2 N–H and O–H groups in total. The summed E-state index contributed by atoms with van der Waals surface area (Å²) in [5, 5.41) is 12.6. The fourth-order valence-corrected chi connectivity index (χ4v) is 3.66. The zero-order valence-electron chi connectivity index (χ0n) is 12.0. The molecule has 0 aliphatic heterocycles. The van der Waals surface area contributed by atoms with Crippen molar-refractivity contribution in [1.82, 2.24) is 9.97 Å². The van der Waals surface area contributed by atoms with Crippen LogP contribution < -0.4 is 5.32 Å². The van der Waals surface area contributed by atoms with Crippen molar-refractivity contribution in [2.24, 2.45) is 11.8 Å². The van der Waals surface area contributed by atoms with E-state index >= 15 is 0 Å². The Balaban J connectivity index is 1.80. The Morgan fingerprint density at radius 1 is 1.40 bits per heavy atom. The van der Waals surface area contributed by atoms with Crippen LogP contribution in [0.4, 0.5) is 5.95 Å². The number of anilines is 1. The number of hydrogen-bond acceptors (Lipinski definition) is 4. The first kappa shape index (κ1) is 13.3. The molecule has 3 atom stereocenters. The van der Waals surface area contributed by atoms with E-state index in [1.54, 1.807) is 0 Å². The summed E-state index contributed by atoms with van der Waals surface area (Å²) in [6, 6.07) is 0.462. The van der Waals surface area contributed by atoms with Gasteiger partial charge in [-0.1, -0.05) is 20.3 Å². The summed E-state index contributed by atoms with van der Waals surface area (Å²) in [6.45, 7) is 3.91. The molecule has 0 unspecified atom stereocenters. The van der Waals surface area contributed by atoms with Gasteiger partial charge in [0.1, 0.15) is 0 Å². The lowest BCUT2D eigenvalue weighted by atomic mass is 9.95. The van der Waals surface area contributed by atoms with Crippen molar-refractivity contribution in [3.8, 4) is 0 Å². The van der Waals surface area contributed by atoms with E-state index in [2.05, 4.69) is 15.3 Å². The van der Waals surface area contributed by atoms with Crippen molar-refractivity contribution in [2.45, 2.75) is 51.5 Å². The van der Waals surface area contributed by atoms with E-state index < -0.39 is 5.97 Å². The largest absolute Gasteiger partial charge is 0.478 e. The molecule has 5 heteroatoms. The number of nitrogens with one attached hydrogen (secondary N) is 1. The molecule has 0 spiro atoms. The highest BCUT2D eigenvalue weighted by atomic mass is 16.4. The van der Waals surface area contributed by atoms with Crippen LogP contribution >= 0.6 is 0 Å². The molecule has 0 aromatic carbocycles. The van der Waals surface area contributed by atoms with E-state index in [0.29, 0.717) is 17.7 Å². The predicted octanol–water partition coefficient (Wildman–Crippen LogP) is 2.90. The molecule has 1 heterocycles. The minimum Gasteiger partial charge on any atom is -0.478 e. The van der Waals surface area contributed by atoms with E-state index in [0.717, 1.165) is 11.8 Å². The molecule has 20 heavy (non-hydrogen) atoms. The van der Waals surface area contributed by atoms with Crippen molar-refractivity contribution >= 4 is 11.9 Å². The fraction of sp³-hybridized carbons (Fsp3) is 0.667. The molecule has 0 amide bonds. The molecular weight excluding hydrogens is 254 g/mol. The van der Waals surface area contributed by atoms with Crippen molar-refractivity contribution < 1.29 is 9.90 Å². The van der Waals surface area contributed by atoms with Crippen LogP contribution in [-0.4, -0.2) is 27.1 Å². The van der Waals surface area contributed by atoms with Gasteiger partial charge in [0.15, 0.2) is 0 Å². The summed E-state index contributed by atoms with van der Waals surface area (Å²) in [5.41, 5.74) is 0.816. The summed E-state index contributed by atoms with van der Waals surface area (Å²) < 4.78 is 0. The van der Waals surface area contributed by atoms with Gasteiger partial charge in [-0.15, -0.1) is 0 Å². The molecule has 2 fully saturated rings. The predicted molar refractivity (Wildman–Crippen MR) is 75.9 cm³/mol. The van der Waals surface area contributed by atoms with Gasteiger partial charge in [0, 0.05) is 12.2 Å². The number of carboxylic acids is 1. The van der Waals surface area contributed by atoms with E-state index in [-0.39, 0.29) is 11.5 Å². The van der Waals surface area contributed by atoms with Crippen LogP contribution in [0.25, 0.3) is 0 Å². The third kappa shape index (κ3) is 2.37. The van der Waals surface area contributed by atoms with Gasteiger partial charge in [-0.25, -0.2) is 14.8 Å². The first-order valence-corrected chi connectivity index (χ1v) is 7.41. The molecule has 0 radical (unpaired) electrons. The second kappa shape index (κ2) is 5.04. The number of fused-ring (bicyclic) bond motifs is 2. The normalized spacial score (nSPS) is 28.1. The van der Waals surface area contributed by atoms with E-state index in [1.165, 1.54) is 31.9 Å². The average Bonchev–Trinajstić information content (AvgIpc) is 3.00. The van der Waals surface area contributed by atoms with E-state index in [9.17, 15) is 9.90 Å². The first-order valence-electron chi connectivity index (χ1n) is 7.41. The highest BCUT2D eigenvalue weighted by Crippen LogP contribution is 2.45. The quantitative estimate of drug-likeness (QED) is 0.883. The number of carboxylic acid groups (broad SMARTS) is 1. The molecule has 2 saturated carbocycles. The van der Waals surface area contributed by atoms with Crippen LogP contribution in [0.3, 0.4) is 0 Å². The lowest BCUT2D eigenvalue weighted by Gasteiger charge is -2.23. The molecule has 0 saturated heterocycles.